The van der Waals surface area contributed by atoms with Crippen LogP contribution in [-0.2, 0) is 65.7 Å². The van der Waals surface area contributed by atoms with Crippen LogP contribution >= 0.6 is 0 Å². The van der Waals surface area contributed by atoms with E-state index in [1.54, 1.807) is 0 Å². The number of alkyl halides is 6. The topological polar surface area (TPSA) is 144 Å². The third-order valence-electron chi connectivity index (χ3n) is 11.9. The van der Waals surface area contributed by atoms with Gasteiger partial charge in [-0.3, -0.25) is 14.6 Å². The number of hydrogen-bond donors (Lipinski definition) is 2. The number of carboxylic acids is 2. The monoisotopic (exact) mass is 1440 g/mol. The van der Waals surface area contributed by atoms with E-state index >= 15 is 0 Å². The molecule has 0 aliphatic rings. The van der Waals surface area contributed by atoms with E-state index in [4.69, 9.17) is 10.2 Å². The first-order valence-corrected chi connectivity index (χ1v) is 23.7. The molecule has 0 aliphatic carbocycles. The fourth-order valence-corrected chi connectivity index (χ4v) is 8.10. The Balaban J connectivity index is 0.000000171. The molecule has 18 heteroatoms. The Morgan fingerprint density at radius 3 is 1.57 bits per heavy atom. The van der Waals surface area contributed by atoms with Crippen LogP contribution in [0.5, 0.6) is 0 Å². The normalized spacial score (nSPS) is 10.8. The molecule has 0 unspecified atom stereocenters. The molecule has 0 atom stereocenters. The van der Waals surface area contributed by atoms with E-state index in [1.165, 1.54) is 75.7 Å². The molecule has 0 fully saturated rings. The van der Waals surface area contributed by atoms with Crippen LogP contribution in [0.1, 0.15) is 43.0 Å². The SMILES string of the molecule is O=C(O)c1cccn(Cc2cccc(C(F)(F)F)c2)c1=O.O=C(O)c1cccn(Cc2cccc(C(F)(F)F)c2)c1=O.[Ir].[Ir].[c-]1cc2ccccc2cc1-c1nccc2ccccc12.[c-]1ccccc1-c1ccc2ccccc2n1. The molecule has 2 N–H and O–H groups in total. The summed E-state index contributed by atoms with van der Waals surface area (Å²) >= 11 is 0. The van der Waals surface area contributed by atoms with Gasteiger partial charge in [0.1, 0.15) is 11.1 Å². The first-order valence-electron chi connectivity index (χ1n) is 23.7. The van der Waals surface area contributed by atoms with Crippen molar-refractivity contribution in [1.29, 1.82) is 0 Å². The molecule has 80 heavy (non-hydrogen) atoms. The summed E-state index contributed by atoms with van der Waals surface area (Å²) in [5.41, 5.74) is 1.58. The molecule has 0 saturated heterocycles. The summed E-state index contributed by atoms with van der Waals surface area (Å²) in [4.78, 5) is 54.6. The second kappa shape index (κ2) is 27.3. The molecule has 4 heterocycles. The van der Waals surface area contributed by atoms with Gasteiger partial charge in [0.25, 0.3) is 11.1 Å². The number of hydrogen-bond acceptors (Lipinski definition) is 6. The number of pyridine rings is 4. The average molecular weight is 1440 g/mol. The first-order chi connectivity index (χ1) is 37.4. The Hall–Kier alpha value is -8.66. The number of aromatic carboxylic acids is 2. The molecular formula is C62H42F6Ir2N4O6-2. The number of fused-ring (bicyclic) bond motifs is 3. The molecule has 2 radical (unpaired) electrons. The number of carbonyl (C=O) groups is 2. The van der Waals surface area contributed by atoms with Crippen molar-refractivity contribution in [2.75, 3.05) is 0 Å². The summed E-state index contributed by atoms with van der Waals surface area (Å²) in [6, 6.07) is 63.7. The first kappa shape index (κ1) is 60.6. The second-order valence-electron chi connectivity index (χ2n) is 17.2. The van der Waals surface area contributed by atoms with Gasteiger partial charge in [0, 0.05) is 58.8 Å². The maximum atomic E-state index is 12.6. The van der Waals surface area contributed by atoms with Gasteiger partial charge in [0.15, 0.2) is 0 Å². The van der Waals surface area contributed by atoms with E-state index in [1.807, 2.05) is 72.9 Å². The number of rotatable bonds is 8. The van der Waals surface area contributed by atoms with E-state index < -0.39 is 57.7 Å². The van der Waals surface area contributed by atoms with E-state index in [0.717, 1.165) is 73.6 Å². The predicted molar refractivity (Wildman–Crippen MR) is 286 cm³/mol. The van der Waals surface area contributed by atoms with Crippen molar-refractivity contribution >= 4 is 44.4 Å². The third-order valence-corrected chi connectivity index (χ3v) is 11.9. The minimum absolute atomic E-state index is 0. The third kappa shape index (κ3) is 15.5. The Kier molecular flexibility index (Phi) is 20.7. The molecule has 0 saturated carbocycles. The summed E-state index contributed by atoms with van der Waals surface area (Å²) in [7, 11) is 0. The maximum absolute atomic E-state index is 12.6. The van der Waals surface area contributed by atoms with Crippen LogP contribution in [0.3, 0.4) is 0 Å². The van der Waals surface area contributed by atoms with Crippen LogP contribution < -0.4 is 11.1 Å². The van der Waals surface area contributed by atoms with Crippen LogP contribution in [-0.4, -0.2) is 41.3 Å². The summed E-state index contributed by atoms with van der Waals surface area (Å²) in [6.45, 7) is -0.270. The Morgan fingerprint density at radius 2 is 1.02 bits per heavy atom. The smallest absolute Gasteiger partial charge is 0.416 e. The quantitative estimate of drug-likeness (QED) is 0.113. The summed E-state index contributed by atoms with van der Waals surface area (Å²) in [5.74, 6) is -2.75. The van der Waals surface area contributed by atoms with Gasteiger partial charge in [-0.05, 0) is 99.3 Å². The van der Waals surface area contributed by atoms with Gasteiger partial charge < -0.3 is 24.3 Å². The van der Waals surface area contributed by atoms with Gasteiger partial charge in [0.05, 0.1) is 29.7 Å². The van der Waals surface area contributed by atoms with Crippen molar-refractivity contribution in [3.05, 3.63) is 285 Å². The van der Waals surface area contributed by atoms with Crippen molar-refractivity contribution in [1.82, 2.24) is 19.1 Å². The number of para-hydroxylation sites is 1. The molecule has 0 amide bonds. The van der Waals surface area contributed by atoms with Crippen molar-refractivity contribution in [3.8, 4) is 22.5 Å². The Labute approximate surface area is 480 Å². The van der Waals surface area contributed by atoms with E-state index in [0.29, 0.717) is 0 Å². The fourth-order valence-electron chi connectivity index (χ4n) is 8.10. The van der Waals surface area contributed by atoms with Crippen LogP contribution in [0.2, 0.25) is 0 Å². The van der Waals surface area contributed by atoms with Gasteiger partial charge in [-0.15, -0.1) is 65.0 Å². The zero-order valence-corrected chi connectivity index (χ0v) is 46.2. The molecule has 408 valence electrons. The number of aromatic nitrogens is 4. The van der Waals surface area contributed by atoms with Gasteiger partial charge in [-0.1, -0.05) is 109 Å². The number of halogens is 6. The zero-order valence-electron chi connectivity index (χ0n) is 41.4. The van der Waals surface area contributed by atoms with Crippen molar-refractivity contribution in [2.45, 2.75) is 25.4 Å². The minimum Gasteiger partial charge on any atom is -0.477 e. The van der Waals surface area contributed by atoms with Crippen molar-refractivity contribution in [3.63, 3.8) is 0 Å². The average Bonchev–Trinajstić information content (AvgIpc) is 3.48. The van der Waals surface area contributed by atoms with Gasteiger partial charge in [0.2, 0.25) is 0 Å². The minimum atomic E-state index is -4.47. The Bertz CT molecular complexity index is 3930. The van der Waals surface area contributed by atoms with Crippen LogP contribution in [0.15, 0.2) is 228 Å². The number of benzene rings is 7. The van der Waals surface area contributed by atoms with E-state index in [2.05, 4.69) is 82.8 Å². The van der Waals surface area contributed by atoms with Gasteiger partial charge in [-0.2, -0.15) is 26.3 Å². The molecule has 4 aromatic heterocycles. The second-order valence-corrected chi connectivity index (χ2v) is 17.2. The molecule has 10 nitrogen and oxygen atoms in total. The molecule has 7 aromatic carbocycles. The van der Waals surface area contributed by atoms with Crippen molar-refractivity contribution in [2.24, 2.45) is 0 Å². The Morgan fingerprint density at radius 1 is 0.500 bits per heavy atom. The summed E-state index contributed by atoms with van der Waals surface area (Å²) in [6.07, 6.45) is -4.42. The maximum Gasteiger partial charge on any atom is 0.416 e. The van der Waals surface area contributed by atoms with E-state index in [-0.39, 0.29) is 64.4 Å². The molecule has 0 aliphatic heterocycles. The molecular weight excluding hydrogens is 1400 g/mol. The van der Waals surface area contributed by atoms with Gasteiger partial charge in [-0.25, -0.2) is 9.59 Å². The summed E-state index contributed by atoms with van der Waals surface area (Å²) < 4.78 is 77.8. The molecule has 11 aromatic rings. The fraction of sp³-hybridized carbons (Fsp3) is 0.0645. The number of nitrogens with zero attached hydrogens (tertiary/aromatic N) is 4. The van der Waals surface area contributed by atoms with Crippen LogP contribution in [0, 0.1) is 12.1 Å². The van der Waals surface area contributed by atoms with Crippen LogP contribution in [0.4, 0.5) is 26.3 Å². The molecule has 0 spiro atoms. The predicted octanol–water partition coefficient (Wildman–Crippen LogP) is 13.8. The van der Waals surface area contributed by atoms with Crippen LogP contribution in [0.25, 0.3) is 55.0 Å². The molecule has 11 rings (SSSR count). The zero-order chi connectivity index (χ0) is 55.4. The van der Waals surface area contributed by atoms with E-state index in [9.17, 15) is 45.5 Å². The standard InChI is InChI=1S/C19H12N.C15H10N.2C14H10F3NO3.2Ir/c1-2-7-16-13-17(10-9-14(16)5-1)19-18-8-4-3-6-15(18)11-12-20-19;1-2-6-12(7-3-1)15-11-10-13-8-4-5-9-14(13)16-15;2*15-14(16,17)10-4-1-3-9(7-10)8-18-6-2-5-11(12(18)19)13(20)21;;/h1-9,11-13H;1-6,8-11H;2*1-7H,8H2,(H,20,21);;/q2*-1;;;;. The number of carboxylic acid groups (broad SMARTS) is 2. The largest absolute Gasteiger partial charge is 0.477 e. The molecule has 0 bridgehead atoms. The van der Waals surface area contributed by atoms with Gasteiger partial charge >= 0.3 is 24.3 Å². The summed E-state index contributed by atoms with van der Waals surface area (Å²) in [5, 5.41) is 23.7. The van der Waals surface area contributed by atoms with Crippen molar-refractivity contribution < 1.29 is 86.4 Å².